The molecule has 0 saturated carbocycles. The lowest BCUT2D eigenvalue weighted by atomic mass is 10.0. The van der Waals surface area contributed by atoms with Crippen molar-refractivity contribution >= 4 is 34.7 Å². The Morgan fingerprint density at radius 3 is 2.08 bits per heavy atom. The van der Waals surface area contributed by atoms with Crippen LogP contribution in [0.1, 0.15) is 25.0 Å². The average Bonchev–Trinajstić information content (AvgIpc) is 2.79. The number of hydrogen-bond acceptors (Lipinski definition) is 3. The van der Waals surface area contributed by atoms with Gasteiger partial charge in [0.15, 0.2) is 0 Å². The molecule has 2 aromatic rings. The third kappa shape index (κ3) is 3.30. The summed E-state index contributed by atoms with van der Waals surface area (Å²) in [5, 5.41) is -0.0589. The van der Waals surface area contributed by atoms with Gasteiger partial charge in [0.1, 0.15) is 10.8 Å². The number of carbonyl (C=O) groups excluding carboxylic acids is 2. The van der Waals surface area contributed by atoms with Crippen molar-refractivity contribution in [2.75, 3.05) is 4.90 Å². The van der Waals surface area contributed by atoms with Gasteiger partial charge in [-0.25, -0.2) is 4.90 Å². The van der Waals surface area contributed by atoms with Crippen molar-refractivity contribution in [2.24, 2.45) is 0 Å². The number of ether oxygens (including phenoxy) is 1. The van der Waals surface area contributed by atoms with Crippen molar-refractivity contribution in [3.63, 3.8) is 0 Å². The second kappa shape index (κ2) is 6.73. The highest BCUT2D eigenvalue weighted by Gasteiger charge is 2.39. The first-order valence-electron chi connectivity index (χ1n) is 8.01. The van der Waals surface area contributed by atoms with Crippen LogP contribution in [0.3, 0.4) is 0 Å². The fraction of sp³-hybridized carbons (Fsp3) is 0.200. The van der Waals surface area contributed by atoms with Crippen LogP contribution in [0.15, 0.2) is 53.6 Å². The first-order valence-corrected chi connectivity index (χ1v) is 8.38. The van der Waals surface area contributed by atoms with Crippen LogP contribution in [-0.2, 0) is 9.59 Å². The SMILES string of the molecule is Cc1ccc(C2=C(Cl)C(=O)N(c3ccc(OC(C)C)cc3)C2=O)cc1. The number of carbonyl (C=O) groups is 2. The summed E-state index contributed by atoms with van der Waals surface area (Å²) in [6.45, 7) is 5.81. The van der Waals surface area contributed by atoms with Gasteiger partial charge in [-0.15, -0.1) is 0 Å². The predicted molar refractivity (Wildman–Crippen MR) is 98.7 cm³/mol. The van der Waals surface area contributed by atoms with E-state index in [1.807, 2.05) is 32.9 Å². The summed E-state index contributed by atoms with van der Waals surface area (Å²) in [6, 6.07) is 14.2. The first kappa shape index (κ1) is 17.2. The van der Waals surface area contributed by atoms with Gasteiger partial charge in [0.25, 0.3) is 11.8 Å². The molecule has 4 nitrogen and oxygen atoms in total. The van der Waals surface area contributed by atoms with E-state index >= 15 is 0 Å². The standard InChI is InChI=1S/C20H18ClNO3/c1-12(2)25-16-10-8-15(9-11-16)22-19(23)17(18(21)20(22)24)14-6-4-13(3)5-7-14/h4-12H,1-3H3. The fourth-order valence-corrected chi connectivity index (χ4v) is 2.93. The molecular weight excluding hydrogens is 338 g/mol. The van der Waals surface area contributed by atoms with Gasteiger partial charge in [0, 0.05) is 0 Å². The van der Waals surface area contributed by atoms with Crippen LogP contribution in [0.5, 0.6) is 5.75 Å². The molecular formula is C20H18ClNO3. The molecule has 0 spiro atoms. The molecule has 1 heterocycles. The average molecular weight is 356 g/mol. The van der Waals surface area contributed by atoms with Crippen molar-refractivity contribution in [1.82, 2.24) is 0 Å². The number of benzene rings is 2. The summed E-state index contributed by atoms with van der Waals surface area (Å²) in [4.78, 5) is 26.4. The number of imide groups is 1. The molecule has 2 amide bonds. The third-order valence-corrected chi connectivity index (χ3v) is 4.18. The Hall–Kier alpha value is -2.59. The van der Waals surface area contributed by atoms with Crippen molar-refractivity contribution in [2.45, 2.75) is 26.9 Å². The van der Waals surface area contributed by atoms with Gasteiger partial charge in [0.05, 0.1) is 17.4 Å². The van der Waals surface area contributed by atoms with Crippen LogP contribution in [0, 0.1) is 6.92 Å². The highest BCUT2D eigenvalue weighted by Crippen LogP contribution is 2.35. The molecule has 5 heteroatoms. The van der Waals surface area contributed by atoms with Crippen LogP contribution < -0.4 is 9.64 Å². The summed E-state index contributed by atoms with van der Waals surface area (Å²) >= 11 is 6.19. The van der Waals surface area contributed by atoms with Crippen LogP contribution in [0.25, 0.3) is 5.57 Å². The fourth-order valence-electron chi connectivity index (χ4n) is 2.65. The second-order valence-corrected chi connectivity index (χ2v) is 6.54. The molecule has 0 bridgehead atoms. The molecule has 0 N–H and O–H groups in total. The number of hydrogen-bond donors (Lipinski definition) is 0. The molecule has 25 heavy (non-hydrogen) atoms. The van der Waals surface area contributed by atoms with Crippen LogP contribution in [-0.4, -0.2) is 17.9 Å². The minimum Gasteiger partial charge on any atom is -0.491 e. The van der Waals surface area contributed by atoms with Gasteiger partial charge in [-0.05, 0) is 50.6 Å². The summed E-state index contributed by atoms with van der Waals surface area (Å²) < 4.78 is 5.58. The van der Waals surface area contributed by atoms with E-state index in [1.165, 1.54) is 0 Å². The van der Waals surface area contributed by atoms with Crippen LogP contribution >= 0.6 is 11.6 Å². The predicted octanol–water partition coefficient (Wildman–Crippen LogP) is 4.31. The van der Waals surface area contributed by atoms with Gasteiger partial charge in [-0.3, -0.25) is 9.59 Å². The quantitative estimate of drug-likeness (QED) is 0.768. The van der Waals surface area contributed by atoms with Crippen LogP contribution in [0.2, 0.25) is 0 Å². The van der Waals surface area contributed by atoms with Crippen molar-refractivity contribution < 1.29 is 14.3 Å². The van der Waals surface area contributed by atoms with Crippen molar-refractivity contribution in [1.29, 1.82) is 0 Å². The van der Waals surface area contributed by atoms with E-state index in [9.17, 15) is 9.59 Å². The smallest absolute Gasteiger partial charge is 0.277 e. The van der Waals surface area contributed by atoms with Gasteiger partial charge in [-0.1, -0.05) is 41.4 Å². The zero-order valence-electron chi connectivity index (χ0n) is 14.2. The zero-order chi connectivity index (χ0) is 18.1. The molecule has 0 radical (unpaired) electrons. The number of anilines is 1. The lowest BCUT2D eigenvalue weighted by Crippen LogP contribution is -2.31. The van der Waals surface area contributed by atoms with E-state index < -0.39 is 11.8 Å². The van der Waals surface area contributed by atoms with Crippen molar-refractivity contribution in [3.8, 4) is 5.75 Å². The van der Waals surface area contributed by atoms with Crippen LogP contribution in [0.4, 0.5) is 5.69 Å². The molecule has 0 aliphatic carbocycles. The maximum atomic E-state index is 12.8. The number of rotatable bonds is 4. The van der Waals surface area contributed by atoms with E-state index in [-0.39, 0.29) is 16.7 Å². The van der Waals surface area contributed by atoms with E-state index in [4.69, 9.17) is 16.3 Å². The zero-order valence-corrected chi connectivity index (χ0v) is 15.0. The van der Waals surface area contributed by atoms with E-state index in [2.05, 4.69) is 0 Å². The molecule has 0 fully saturated rings. The first-order chi connectivity index (χ1) is 11.9. The molecule has 0 atom stereocenters. The highest BCUT2D eigenvalue weighted by atomic mass is 35.5. The Morgan fingerprint density at radius 1 is 0.920 bits per heavy atom. The highest BCUT2D eigenvalue weighted by molar-refractivity contribution is 6.60. The summed E-state index contributed by atoms with van der Waals surface area (Å²) in [5.74, 6) is -0.258. The lowest BCUT2D eigenvalue weighted by Gasteiger charge is -2.16. The molecule has 0 unspecified atom stereocenters. The topological polar surface area (TPSA) is 46.6 Å². The molecule has 1 aliphatic rings. The molecule has 3 rings (SSSR count). The van der Waals surface area contributed by atoms with Gasteiger partial charge >= 0.3 is 0 Å². The van der Waals surface area contributed by atoms with Gasteiger partial charge in [-0.2, -0.15) is 0 Å². The Morgan fingerprint density at radius 2 is 1.52 bits per heavy atom. The Labute approximate surface area is 151 Å². The minimum absolute atomic E-state index is 0.0464. The largest absolute Gasteiger partial charge is 0.491 e. The monoisotopic (exact) mass is 355 g/mol. The molecule has 0 aromatic heterocycles. The molecule has 1 aliphatic heterocycles. The molecule has 2 aromatic carbocycles. The Balaban J connectivity index is 1.91. The second-order valence-electron chi connectivity index (χ2n) is 6.16. The normalized spacial score (nSPS) is 14.7. The maximum Gasteiger partial charge on any atom is 0.277 e. The summed E-state index contributed by atoms with van der Waals surface area (Å²) in [7, 11) is 0. The van der Waals surface area contributed by atoms with E-state index in [0.717, 1.165) is 10.5 Å². The third-order valence-electron chi connectivity index (χ3n) is 3.83. The Bertz CT molecular complexity index is 852. The number of amides is 2. The summed E-state index contributed by atoms with van der Waals surface area (Å²) in [5.41, 5.74) is 2.39. The van der Waals surface area contributed by atoms with E-state index in [0.29, 0.717) is 17.0 Å². The Kier molecular flexibility index (Phi) is 4.64. The number of halogens is 1. The maximum absolute atomic E-state index is 12.8. The number of nitrogens with zero attached hydrogens (tertiary/aromatic N) is 1. The summed E-state index contributed by atoms with van der Waals surface area (Å²) in [6.07, 6.45) is 0.0464. The molecule has 128 valence electrons. The lowest BCUT2D eigenvalue weighted by molar-refractivity contribution is -0.119. The van der Waals surface area contributed by atoms with Crippen molar-refractivity contribution in [3.05, 3.63) is 64.7 Å². The van der Waals surface area contributed by atoms with Gasteiger partial charge < -0.3 is 4.74 Å². The minimum atomic E-state index is -0.514. The van der Waals surface area contributed by atoms with Gasteiger partial charge in [0.2, 0.25) is 0 Å². The van der Waals surface area contributed by atoms with E-state index in [1.54, 1.807) is 36.4 Å². The number of aryl methyl sites for hydroxylation is 1. The molecule has 0 saturated heterocycles.